The summed E-state index contributed by atoms with van der Waals surface area (Å²) in [6.45, 7) is 7.39. The summed E-state index contributed by atoms with van der Waals surface area (Å²) in [7, 11) is -3.52. The van der Waals surface area contributed by atoms with Gasteiger partial charge in [0.1, 0.15) is 22.9 Å². The van der Waals surface area contributed by atoms with Crippen molar-refractivity contribution in [3.63, 3.8) is 0 Å². The molecule has 0 radical (unpaired) electrons. The number of rotatable bonds is 6. The molecule has 0 spiro atoms. The first-order chi connectivity index (χ1) is 16.6. The van der Waals surface area contributed by atoms with Gasteiger partial charge in [-0.3, -0.25) is 5.01 Å². The van der Waals surface area contributed by atoms with Crippen LogP contribution in [0.15, 0.2) is 42.4 Å². The zero-order valence-electron chi connectivity index (χ0n) is 20.3. The highest BCUT2D eigenvalue weighted by atomic mass is 32.2. The highest BCUT2D eigenvalue weighted by Crippen LogP contribution is 2.44. The summed E-state index contributed by atoms with van der Waals surface area (Å²) in [6, 6.07) is 10.1. The van der Waals surface area contributed by atoms with Crippen LogP contribution in [0, 0.1) is 0 Å². The molecule has 11 nitrogen and oxygen atoms in total. The number of fused-ring (bicyclic) bond motifs is 3. The van der Waals surface area contributed by atoms with Gasteiger partial charge in [-0.25, -0.2) is 13.4 Å². The first-order valence-electron chi connectivity index (χ1n) is 11.6. The Morgan fingerprint density at radius 1 is 1.17 bits per heavy atom. The van der Waals surface area contributed by atoms with E-state index in [4.69, 9.17) is 14.5 Å². The normalized spacial score (nSPS) is 22.0. The lowest BCUT2D eigenvalue weighted by atomic mass is 10.0. The molecule has 3 aliphatic rings. The van der Waals surface area contributed by atoms with E-state index in [9.17, 15) is 8.42 Å². The van der Waals surface area contributed by atoms with Gasteiger partial charge in [-0.2, -0.15) is 4.98 Å². The third-order valence-electron chi connectivity index (χ3n) is 6.67. The first kappa shape index (κ1) is 23.6. The van der Waals surface area contributed by atoms with Gasteiger partial charge in [-0.1, -0.05) is 30.3 Å². The van der Waals surface area contributed by atoms with Crippen molar-refractivity contribution in [3.8, 4) is 5.75 Å². The second kappa shape index (κ2) is 8.85. The third-order valence-corrected chi connectivity index (χ3v) is 8.72. The lowest BCUT2D eigenvalue weighted by Crippen LogP contribution is -2.56. The van der Waals surface area contributed by atoms with E-state index >= 15 is 0 Å². The number of sulfone groups is 1. The third kappa shape index (κ3) is 4.37. The highest BCUT2D eigenvalue weighted by Gasteiger charge is 2.44. The molecule has 2 atom stereocenters. The average molecular weight is 502 g/mol. The van der Waals surface area contributed by atoms with Crippen molar-refractivity contribution < 1.29 is 17.9 Å². The van der Waals surface area contributed by atoms with Crippen LogP contribution in [0.25, 0.3) is 0 Å². The zero-order valence-corrected chi connectivity index (χ0v) is 21.1. The molecule has 35 heavy (non-hydrogen) atoms. The van der Waals surface area contributed by atoms with Gasteiger partial charge in [0, 0.05) is 6.26 Å². The standard InChI is InChI=1S/C23H31N7O4S/c1-15-12-33-13-17-14-34-19-20(23(2,3)35(4,31)32)26-22(27-21(19)30(15)17)25-18-10-24-28-29(18)11-16-8-6-5-7-9-16/h5-10,15,17,24,28H,11-14H2,1-4H3,(H,25,26,27)/t15-,17+/m1/s1. The lowest BCUT2D eigenvalue weighted by Gasteiger charge is -2.45. The van der Waals surface area contributed by atoms with E-state index in [1.165, 1.54) is 6.26 Å². The Hall–Kier alpha value is -3.09. The highest BCUT2D eigenvalue weighted by molar-refractivity contribution is 7.91. The molecule has 3 N–H and O–H groups in total. The topological polar surface area (TPSA) is 121 Å². The van der Waals surface area contributed by atoms with Gasteiger partial charge >= 0.3 is 0 Å². The Bertz CT molecular complexity index is 1240. The minimum Gasteiger partial charge on any atom is -0.486 e. The summed E-state index contributed by atoms with van der Waals surface area (Å²) < 4.78 is 36.1. The maximum atomic E-state index is 12.8. The molecule has 1 aromatic heterocycles. The molecule has 5 rings (SSSR count). The fourth-order valence-electron chi connectivity index (χ4n) is 4.40. The van der Waals surface area contributed by atoms with Crippen LogP contribution in [-0.4, -0.2) is 61.6 Å². The monoisotopic (exact) mass is 501 g/mol. The summed E-state index contributed by atoms with van der Waals surface area (Å²) in [5.74, 6) is 1.97. The van der Waals surface area contributed by atoms with Crippen molar-refractivity contribution in [3.05, 3.63) is 53.6 Å². The predicted molar refractivity (Wildman–Crippen MR) is 132 cm³/mol. The summed E-state index contributed by atoms with van der Waals surface area (Å²) in [5.41, 5.74) is 7.52. The van der Waals surface area contributed by atoms with Gasteiger partial charge in [0.2, 0.25) is 5.95 Å². The molecule has 4 heterocycles. The number of ether oxygens (including phenoxy) is 2. The summed E-state index contributed by atoms with van der Waals surface area (Å²) in [5, 5.41) is 5.15. The van der Waals surface area contributed by atoms with E-state index < -0.39 is 14.6 Å². The van der Waals surface area contributed by atoms with Crippen LogP contribution >= 0.6 is 0 Å². The summed E-state index contributed by atoms with van der Waals surface area (Å²) >= 11 is 0. The molecule has 0 aliphatic carbocycles. The molecular formula is C23H31N7O4S. The number of nitrogens with zero attached hydrogens (tertiary/aromatic N) is 4. The fourth-order valence-corrected chi connectivity index (χ4v) is 4.89. The van der Waals surface area contributed by atoms with Crippen LogP contribution in [0.1, 0.15) is 32.0 Å². The van der Waals surface area contributed by atoms with Gasteiger partial charge in [-0.05, 0) is 26.3 Å². The Morgan fingerprint density at radius 3 is 2.69 bits per heavy atom. The molecule has 2 aromatic rings. The second-order valence-corrected chi connectivity index (χ2v) is 12.1. The molecule has 0 saturated carbocycles. The number of anilines is 2. The number of morpholine rings is 1. The molecule has 0 bridgehead atoms. The van der Waals surface area contributed by atoms with Gasteiger partial charge in [0.15, 0.2) is 21.4 Å². The van der Waals surface area contributed by atoms with Gasteiger partial charge < -0.3 is 25.1 Å². The number of hydrogen-bond acceptors (Lipinski definition) is 11. The summed E-state index contributed by atoms with van der Waals surface area (Å²) in [4.78, 5) is 11.7. The van der Waals surface area contributed by atoms with Crippen LogP contribution in [0.5, 0.6) is 5.75 Å². The van der Waals surface area contributed by atoms with Crippen LogP contribution in [0.4, 0.5) is 11.8 Å². The van der Waals surface area contributed by atoms with Crippen molar-refractivity contribution >= 4 is 21.6 Å². The fraction of sp³-hybridized carbons (Fsp3) is 0.478. The van der Waals surface area contributed by atoms with Gasteiger partial charge in [-0.15, -0.1) is 5.53 Å². The number of hydrogen-bond donors (Lipinski definition) is 3. The Kier molecular flexibility index (Phi) is 5.98. The smallest absolute Gasteiger partial charge is 0.230 e. The van der Waals surface area contributed by atoms with Crippen molar-refractivity contribution in [1.82, 2.24) is 25.9 Å². The number of aromatic nitrogens is 2. The van der Waals surface area contributed by atoms with E-state index in [0.717, 1.165) is 5.56 Å². The van der Waals surface area contributed by atoms with E-state index in [-0.39, 0.29) is 18.0 Å². The first-order valence-corrected chi connectivity index (χ1v) is 13.4. The molecule has 188 valence electrons. The number of nitrogens with one attached hydrogen (secondary N) is 3. The molecule has 0 unspecified atom stereocenters. The van der Waals surface area contributed by atoms with Gasteiger partial charge in [0.05, 0.1) is 38.0 Å². The largest absolute Gasteiger partial charge is 0.486 e. The average Bonchev–Trinajstić information content (AvgIpc) is 3.24. The maximum absolute atomic E-state index is 12.8. The van der Waals surface area contributed by atoms with Crippen molar-refractivity contribution in [2.24, 2.45) is 0 Å². The SMILES string of the molecule is C[C@@H]1COC[C@H]2COc3c(nc(NC4=CNNN4Cc4ccccc4)nc3C(C)(C)S(C)(=O)=O)N21. The lowest BCUT2D eigenvalue weighted by molar-refractivity contribution is 0.0482. The second-order valence-electron chi connectivity index (χ2n) is 9.57. The predicted octanol–water partition coefficient (Wildman–Crippen LogP) is 1.48. The van der Waals surface area contributed by atoms with E-state index in [2.05, 4.69) is 33.1 Å². The van der Waals surface area contributed by atoms with E-state index in [1.807, 2.05) is 35.3 Å². The molecular weight excluding hydrogens is 470 g/mol. The minimum absolute atomic E-state index is 0.00759. The molecule has 1 fully saturated rings. The summed E-state index contributed by atoms with van der Waals surface area (Å²) in [6.07, 6.45) is 2.98. The van der Waals surface area contributed by atoms with Crippen LogP contribution < -0.4 is 25.9 Å². The van der Waals surface area contributed by atoms with Crippen LogP contribution in [0.2, 0.25) is 0 Å². The van der Waals surface area contributed by atoms with E-state index in [1.54, 1.807) is 20.0 Å². The molecule has 12 heteroatoms. The Balaban J connectivity index is 1.54. The van der Waals surface area contributed by atoms with E-state index in [0.29, 0.717) is 49.4 Å². The number of hydrazine groups is 2. The van der Waals surface area contributed by atoms with Crippen LogP contribution in [0.3, 0.4) is 0 Å². The van der Waals surface area contributed by atoms with Crippen molar-refractivity contribution in [2.75, 3.05) is 36.3 Å². The maximum Gasteiger partial charge on any atom is 0.230 e. The van der Waals surface area contributed by atoms with Gasteiger partial charge in [0.25, 0.3) is 0 Å². The Morgan fingerprint density at radius 2 is 1.94 bits per heavy atom. The van der Waals surface area contributed by atoms with Crippen molar-refractivity contribution in [2.45, 2.75) is 44.1 Å². The zero-order chi connectivity index (χ0) is 24.8. The molecule has 0 amide bonds. The Labute approximate surface area is 205 Å². The van der Waals surface area contributed by atoms with Crippen molar-refractivity contribution in [1.29, 1.82) is 0 Å². The molecule has 3 aliphatic heterocycles. The number of benzene rings is 1. The molecule has 1 aromatic carbocycles. The quantitative estimate of drug-likeness (QED) is 0.534. The van der Waals surface area contributed by atoms with Crippen LogP contribution in [-0.2, 0) is 25.9 Å². The minimum atomic E-state index is -3.52. The molecule has 1 saturated heterocycles.